The maximum absolute atomic E-state index is 13.1. The second-order valence-corrected chi connectivity index (χ2v) is 21.8. The first kappa shape index (κ1) is 27.1. The molecule has 1 aliphatic heterocycles. The van der Waals surface area contributed by atoms with Crippen molar-refractivity contribution < 1.29 is 22.1 Å². The Morgan fingerprint density at radius 2 is 1.38 bits per heavy atom. The molecule has 0 radical (unpaired) electrons. The number of rotatable bonds is 8. The molecule has 0 aromatic heterocycles. The number of carbonyl (C=O) groups is 1. The van der Waals surface area contributed by atoms with E-state index in [4.69, 9.17) is 19.5 Å². The minimum Gasteiger partial charge on any atom is -0.404 e. The Hall–Kier alpha value is -1.50. The average Bonchev–Trinajstić information content (AvgIpc) is 2.70. The van der Waals surface area contributed by atoms with Crippen LogP contribution in [0.25, 0.3) is 0 Å². The summed E-state index contributed by atoms with van der Waals surface area (Å²) < 4.78 is 38.1. The molecule has 1 aliphatic rings. The van der Waals surface area contributed by atoms with Gasteiger partial charge in [0.25, 0.3) is 8.32 Å². The number of carbonyl (C=O) groups excluding carboxylic acids is 1. The van der Waals surface area contributed by atoms with Crippen LogP contribution in [-0.4, -0.2) is 47.6 Å². The molecule has 2 aromatic rings. The largest absolute Gasteiger partial charge is 0.404 e. The molecule has 2 aromatic carbocycles. The van der Waals surface area contributed by atoms with Gasteiger partial charge in [0, 0.05) is 10.7 Å². The molecule has 0 aliphatic carbocycles. The van der Waals surface area contributed by atoms with E-state index in [0.29, 0.717) is 4.31 Å². The molecule has 186 valence electrons. The molecular weight excluding hydrogens is 506 g/mol. The first-order valence-electron chi connectivity index (χ1n) is 11.3. The zero-order chi connectivity index (χ0) is 25.5. The molecule has 0 N–H and O–H groups in total. The van der Waals surface area contributed by atoms with Crippen molar-refractivity contribution in [2.75, 3.05) is 0 Å². The zero-order valence-corrected chi connectivity index (χ0v) is 24.4. The minimum absolute atomic E-state index is 0.288. The third-order valence-electron chi connectivity index (χ3n) is 6.04. The Balaban J connectivity index is 2.10. The lowest BCUT2D eigenvalue weighted by molar-refractivity contribution is -0.170. The minimum atomic E-state index is -4.27. The summed E-state index contributed by atoms with van der Waals surface area (Å²) in [6.45, 7) is 14.1. The van der Waals surface area contributed by atoms with Gasteiger partial charge in [-0.2, -0.15) is 12.7 Å². The van der Waals surface area contributed by atoms with E-state index in [9.17, 15) is 13.2 Å². The van der Waals surface area contributed by atoms with E-state index in [1.807, 2.05) is 63.0 Å². The number of β-lactam (4-membered cyclic amide) rings is 1. The number of hydrogen-bond donors (Lipinski definition) is 0. The summed E-state index contributed by atoms with van der Waals surface area (Å²) in [7, 11) is -3.82. The zero-order valence-electron chi connectivity index (χ0n) is 20.8. The van der Waals surface area contributed by atoms with Gasteiger partial charge >= 0.3 is 9.24 Å². The summed E-state index contributed by atoms with van der Waals surface area (Å²) in [5, 5.41) is 1.87. The highest BCUT2D eigenvalue weighted by Crippen LogP contribution is 2.42. The van der Waals surface area contributed by atoms with Crippen LogP contribution in [0.5, 0.6) is 0 Å². The standard InChI is InChI=1S/C24H34ClNO5SSi2/c1-18(21-22(27)26(32(25,28)29)23(21)31-33(5,6)7)30-34(24(2,3)4,19-14-10-8-11-15-19)20-16-12-9-13-17-20/h8-18,21,23H,1-7H3. The van der Waals surface area contributed by atoms with Crippen molar-refractivity contribution in [2.24, 2.45) is 5.92 Å². The second-order valence-electron chi connectivity index (χ2n) is 10.7. The number of hydrogen-bond acceptors (Lipinski definition) is 5. The monoisotopic (exact) mass is 539 g/mol. The lowest BCUT2D eigenvalue weighted by atomic mass is 9.94. The highest BCUT2D eigenvalue weighted by molar-refractivity contribution is 8.12. The van der Waals surface area contributed by atoms with Crippen molar-refractivity contribution in [1.29, 1.82) is 0 Å². The van der Waals surface area contributed by atoms with Crippen LogP contribution in [0.15, 0.2) is 60.7 Å². The highest BCUT2D eigenvalue weighted by atomic mass is 35.7. The predicted molar refractivity (Wildman–Crippen MR) is 141 cm³/mol. The van der Waals surface area contributed by atoms with Crippen molar-refractivity contribution in [3.63, 3.8) is 0 Å². The van der Waals surface area contributed by atoms with Gasteiger partial charge in [0.15, 0.2) is 14.5 Å². The van der Waals surface area contributed by atoms with Gasteiger partial charge in [-0.1, -0.05) is 81.4 Å². The van der Waals surface area contributed by atoms with E-state index in [1.54, 1.807) is 0 Å². The van der Waals surface area contributed by atoms with Gasteiger partial charge in [-0.15, -0.1) is 0 Å². The van der Waals surface area contributed by atoms with Gasteiger partial charge < -0.3 is 8.85 Å². The third-order valence-corrected chi connectivity index (χ3v) is 13.4. The Bertz CT molecular complexity index is 1080. The topological polar surface area (TPSA) is 72.9 Å². The number of benzene rings is 2. The van der Waals surface area contributed by atoms with Gasteiger partial charge in [-0.3, -0.25) is 4.79 Å². The quantitative estimate of drug-likeness (QED) is 0.287. The molecule has 0 spiro atoms. The summed E-state index contributed by atoms with van der Waals surface area (Å²) in [5.74, 6) is -1.37. The first-order valence-corrected chi connectivity index (χ1v) is 18.9. The van der Waals surface area contributed by atoms with Crippen molar-refractivity contribution in [3.05, 3.63) is 60.7 Å². The van der Waals surface area contributed by atoms with Crippen molar-refractivity contribution in [1.82, 2.24) is 4.31 Å². The smallest absolute Gasteiger partial charge is 0.326 e. The molecule has 10 heteroatoms. The molecule has 3 atom stereocenters. The molecule has 1 saturated heterocycles. The van der Waals surface area contributed by atoms with Crippen LogP contribution < -0.4 is 10.4 Å². The highest BCUT2D eigenvalue weighted by Gasteiger charge is 2.60. The molecule has 0 saturated carbocycles. The SMILES string of the molecule is CC(O[Si](c1ccccc1)(c1ccccc1)C(C)(C)C)C1C(=O)N(S(=O)(=O)Cl)C1O[Si](C)(C)C. The second kappa shape index (κ2) is 9.52. The van der Waals surface area contributed by atoms with Gasteiger partial charge in [0.05, 0.1) is 6.10 Å². The first-order chi connectivity index (χ1) is 15.6. The maximum Gasteiger partial charge on any atom is 0.326 e. The predicted octanol–water partition coefficient (Wildman–Crippen LogP) is 4.07. The van der Waals surface area contributed by atoms with Crippen molar-refractivity contribution >= 4 is 52.8 Å². The van der Waals surface area contributed by atoms with Crippen LogP contribution in [0.2, 0.25) is 24.7 Å². The number of halogens is 1. The van der Waals surface area contributed by atoms with Crippen molar-refractivity contribution in [3.8, 4) is 0 Å². The summed E-state index contributed by atoms with van der Waals surface area (Å²) in [4.78, 5) is 13.1. The van der Waals surface area contributed by atoms with E-state index < -0.39 is 50.0 Å². The molecule has 1 heterocycles. The Labute approximate surface area is 210 Å². The summed E-state index contributed by atoms with van der Waals surface area (Å²) in [5.41, 5.74) is 0. The van der Waals surface area contributed by atoms with Crippen LogP contribution in [0, 0.1) is 5.92 Å². The fourth-order valence-corrected chi connectivity index (χ4v) is 11.6. The van der Waals surface area contributed by atoms with Gasteiger partial charge in [0.1, 0.15) is 5.92 Å². The van der Waals surface area contributed by atoms with Gasteiger partial charge in [-0.05, 0) is 42.0 Å². The van der Waals surface area contributed by atoms with Gasteiger partial charge in [0.2, 0.25) is 5.91 Å². The van der Waals surface area contributed by atoms with E-state index in [0.717, 1.165) is 10.4 Å². The average molecular weight is 540 g/mol. The Morgan fingerprint density at radius 1 is 0.941 bits per heavy atom. The van der Waals surface area contributed by atoms with Crippen LogP contribution in [0.4, 0.5) is 0 Å². The van der Waals surface area contributed by atoms with Crippen LogP contribution in [0.1, 0.15) is 27.7 Å². The fourth-order valence-electron chi connectivity index (χ4n) is 4.65. The lowest BCUT2D eigenvalue weighted by Crippen LogP contribution is -2.72. The molecule has 1 amide bonds. The van der Waals surface area contributed by atoms with Gasteiger partial charge in [-0.25, -0.2) is 0 Å². The molecule has 1 fully saturated rings. The van der Waals surface area contributed by atoms with E-state index in [1.165, 1.54) is 0 Å². The molecule has 3 rings (SSSR count). The normalized spacial score (nSPS) is 20.7. The van der Waals surface area contributed by atoms with E-state index in [2.05, 4.69) is 45.0 Å². The Kier molecular flexibility index (Phi) is 7.58. The van der Waals surface area contributed by atoms with Crippen LogP contribution in [0.3, 0.4) is 0 Å². The van der Waals surface area contributed by atoms with Crippen LogP contribution in [-0.2, 0) is 22.9 Å². The molecular formula is C24H34ClNO5SSi2. The summed E-state index contributed by atoms with van der Waals surface area (Å²) in [6.07, 6.45) is -1.58. The third kappa shape index (κ3) is 5.19. The van der Waals surface area contributed by atoms with E-state index >= 15 is 0 Å². The Morgan fingerprint density at radius 3 is 1.74 bits per heavy atom. The summed E-state index contributed by atoms with van der Waals surface area (Å²) in [6, 6.07) is 20.2. The van der Waals surface area contributed by atoms with Crippen LogP contribution >= 0.6 is 10.7 Å². The molecule has 3 unspecified atom stereocenters. The molecule has 6 nitrogen and oxygen atoms in total. The molecule has 34 heavy (non-hydrogen) atoms. The lowest BCUT2D eigenvalue weighted by Gasteiger charge is -2.51. The number of nitrogens with zero attached hydrogens (tertiary/aromatic N) is 1. The van der Waals surface area contributed by atoms with Crippen molar-refractivity contribution in [2.45, 2.75) is 64.7 Å². The molecule has 0 bridgehead atoms. The maximum atomic E-state index is 13.1. The number of amides is 1. The summed E-state index contributed by atoms with van der Waals surface area (Å²) >= 11 is 0. The fraction of sp³-hybridized carbons (Fsp3) is 0.458. The van der Waals surface area contributed by atoms with E-state index in [-0.39, 0.29) is 5.04 Å².